The lowest BCUT2D eigenvalue weighted by Gasteiger charge is -2.37. The number of carbonyl (C=O) groups excluding carboxylic acids is 2. The zero-order valence-corrected chi connectivity index (χ0v) is 20.0. The summed E-state index contributed by atoms with van der Waals surface area (Å²) in [7, 11) is 0. The van der Waals surface area contributed by atoms with E-state index in [0.29, 0.717) is 19.7 Å². The molecule has 176 valence electrons. The lowest BCUT2D eigenvalue weighted by molar-refractivity contribution is -0.144. The fourth-order valence-corrected chi connectivity index (χ4v) is 5.80. The third-order valence-electron chi connectivity index (χ3n) is 6.92. The van der Waals surface area contributed by atoms with E-state index in [-0.39, 0.29) is 36.4 Å². The summed E-state index contributed by atoms with van der Waals surface area (Å²) in [6, 6.07) is 9.93. The maximum Gasteiger partial charge on any atom is 0.242 e. The van der Waals surface area contributed by atoms with Gasteiger partial charge in [-0.25, -0.2) is 0 Å². The average Bonchev–Trinajstić information content (AvgIpc) is 3.32. The highest BCUT2D eigenvalue weighted by Gasteiger charge is 2.38. The van der Waals surface area contributed by atoms with E-state index in [2.05, 4.69) is 11.4 Å². The van der Waals surface area contributed by atoms with Gasteiger partial charge < -0.3 is 19.3 Å². The van der Waals surface area contributed by atoms with Gasteiger partial charge in [0.05, 0.1) is 18.7 Å². The van der Waals surface area contributed by atoms with Crippen LogP contribution in [0.4, 0.5) is 0 Å². The number of para-hydroxylation sites is 1. The molecule has 33 heavy (non-hydrogen) atoms. The minimum atomic E-state index is -0.146. The number of ether oxygens (including phenoxy) is 2. The predicted octanol–water partition coefficient (Wildman–Crippen LogP) is 3.98. The van der Waals surface area contributed by atoms with Crippen molar-refractivity contribution in [3.8, 4) is 5.75 Å². The van der Waals surface area contributed by atoms with Crippen molar-refractivity contribution >= 4 is 23.2 Å². The van der Waals surface area contributed by atoms with Crippen LogP contribution in [0, 0.1) is 12.8 Å². The first-order chi connectivity index (χ1) is 16.1. The maximum atomic E-state index is 13.6. The van der Waals surface area contributed by atoms with Gasteiger partial charge >= 0.3 is 0 Å². The Balaban J connectivity index is 1.32. The fourth-order valence-electron chi connectivity index (χ4n) is 4.87. The summed E-state index contributed by atoms with van der Waals surface area (Å²) in [5.41, 5.74) is 2.25. The standard InChI is InChI=1S/C26H32N2O4S/c1-18-5-2-3-7-23(18)32-17-22-21-11-14-33-24(21)10-12-28(22)25(29)16-27(26(30)19-8-9-19)15-20-6-4-13-31-20/h2-3,5,7,11,14,19-20,22H,4,6,8-10,12-13,15-17H2,1H3/t20-,22-/m0/s1. The molecule has 0 bridgehead atoms. The highest BCUT2D eigenvalue weighted by Crippen LogP contribution is 2.35. The van der Waals surface area contributed by atoms with Crippen LogP contribution in [0.2, 0.25) is 0 Å². The number of nitrogens with zero attached hydrogens (tertiary/aromatic N) is 2. The monoisotopic (exact) mass is 468 g/mol. The fraction of sp³-hybridized carbons (Fsp3) is 0.538. The molecule has 0 unspecified atom stereocenters. The molecule has 0 radical (unpaired) electrons. The van der Waals surface area contributed by atoms with Crippen molar-refractivity contribution in [1.82, 2.24) is 9.80 Å². The third kappa shape index (κ3) is 5.09. The zero-order chi connectivity index (χ0) is 22.8. The first kappa shape index (κ1) is 22.4. The van der Waals surface area contributed by atoms with Crippen molar-refractivity contribution in [3.05, 3.63) is 51.7 Å². The van der Waals surface area contributed by atoms with E-state index in [1.165, 1.54) is 10.4 Å². The van der Waals surface area contributed by atoms with E-state index < -0.39 is 0 Å². The number of benzene rings is 1. The number of carbonyl (C=O) groups is 2. The van der Waals surface area contributed by atoms with Crippen LogP contribution in [0.5, 0.6) is 5.75 Å². The Morgan fingerprint density at radius 2 is 2.06 bits per heavy atom. The van der Waals surface area contributed by atoms with Crippen LogP contribution in [-0.2, 0) is 20.7 Å². The molecule has 1 saturated carbocycles. The number of amides is 2. The maximum absolute atomic E-state index is 13.6. The number of thiophene rings is 1. The largest absolute Gasteiger partial charge is 0.491 e. The molecule has 0 spiro atoms. The lowest BCUT2D eigenvalue weighted by atomic mass is 10.00. The van der Waals surface area contributed by atoms with Crippen LogP contribution < -0.4 is 4.74 Å². The molecule has 1 aromatic heterocycles. The van der Waals surface area contributed by atoms with Gasteiger partial charge in [-0.05, 0) is 67.7 Å². The number of aryl methyl sites for hydroxylation is 1. The van der Waals surface area contributed by atoms with E-state index >= 15 is 0 Å². The lowest BCUT2D eigenvalue weighted by Crippen LogP contribution is -2.49. The van der Waals surface area contributed by atoms with Crippen LogP contribution in [0.1, 0.15) is 47.7 Å². The second kappa shape index (κ2) is 9.85. The van der Waals surface area contributed by atoms with E-state index in [1.807, 2.05) is 36.1 Å². The topological polar surface area (TPSA) is 59.1 Å². The summed E-state index contributed by atoms with van der Waals surface area (Å²) in [5, 5.41) is 2.10. The molecule has 0 N–H and O–H groups in total. The second-order valence-electron chi connectivity index (χ2n) is 9.36. The summed E-state index contributed by atoms with van der Waals surface area (Å²) in [6.45, 7) is 4.47. The van der Waals surface area contributed by atoms with Gasteiger partial charge in [0.2, 0.25) is 11.8 Å². The van der Waals surface area contributed by atoms with Gasteiger partial charge in [0.1, 0.15) is 12.4 Å². The van der Waals surface area contributed by atoms with Gasteiger partial charge in [0.25, 0.3) is 0 Å². The van der Waals surface area contributed by atoms with Crippen LogP contribution in [0.3, 0.4) is 0 Å². The molecule has 2 aromatic rings. The Labute approximate surface area is 199 Å². The van der Waals surface area contributed by atoms with Crippen LogP contribution >= 0.6 is 11.3 Å². The third-order valence-corrected chi connectivity index (χ3v) is 7.91. The molecule has 5 rings (SSSR count). The molecule has 7 heteroatoms. The normalized spacial score (nSPS) is 22.2. The first-order valence-corrected chi connectivity index (χ1v) is 12.9. The molecular weight excluding hydrogens is 436 g/mol. The van der Waals surface area contributed by atoms with E-state index in [1.54, 1.807) is 16.2 Å². The van der Waals surface area contributed by atoms with Gasteiger partial charge in [-0.15, -0.1) is 11.3 Å². The zero-order valence-electron chi connectivity index (χ0n) is 19.2. The number of rotatable bonds is 8. The minimum absolute atomic E-state index is 0.00256. The van der Waals surface area contributed by atoms with Gasteiger partial charge in [-0.2, -0.15) is 0 Å². The molecular formula is C26H32N2O4S. The van der Waals surface area contributed by atoms with Crippen molar-refractivity contribution in [2.75, 3.05) is 32.8 Å². The van der Waals surface area contributed by atoms with Gasteiger partial charge in [0, 0.05) is 30.5 Å². The van der Waals surface area contributed by atoms with Crippen LogP contribution in [0.15, 0.2) is 35.7 Å². The smallest absolute Gasteiger partial charge is 0.242 e. The van der Waals surface area contributed by atoms with Crippen LogP contribution in [-0.4, -0.2) is 60.6 Å². The number of hydrogen-bond donors (Lipinski definition) is 0. The summed E-state index contributed by atoms with van der Waals surface area (Å²) in [4.78, 5) is 31.6. The molecule has 2 atom stereocenters. The van der Waals surface area contributed by atoms with Crippen molar-refractivity contribution in [2.24, 2.45) is 5.92 Å². The highest BCUT2D eigenvalue weighted by molar-refractivity contribution is 7.10. The SMILES string of the molecule is Cc1ccccc1OC[C@H]1c2ccsc2CCN1C(=O)CN(C[C@@H]1CCCO1)C(=O)C1CC1. The Hall–Kier alpha value is -2.38. The van der Waals surface area contributed by atoms with E-state index in [4.69, 9.17) is 9.47 Å². The van der Waals surface area contributed by atoms with Crippen molar-refractivity contribution in [1.29, 1.82) is 0 Å². The molecule has 2 amide bonds. The van der Waals surface area contributed by atoms with Crippen molar-refractivity contribution in [2.45, 2.75) is 51.2 Å². The molecule has 6 nitrogen and oxygen atoms in total. The Bertz CT molecular complexity index is 996. The molecule has 3 aliphatic rings. The molecule has 1 saturated heterocycles. The average molecular weight is 469 g/mol. The number of fused-ring (bicyclic) bond motifs is 1. The highest BCUT2D eigenvalue weighted by atomic mass is 32.1. The van der Waals surface area contributed by atoms with Gasteiger partial charge in [-0.1, -0.05) is 18.2 Å². The van der Waals surface area contributed by atoms with Gasteiger partial charge in [0.15, 0.2) is 0 Å². The predicted molar refractivity (Wildman–Crippen MR) is 127 cm³/mol. The Kier molecular flexibility index (Phi) is 6.69. The molecule has 2 aliphatic heterocycles. The molecule has 3 heterocycles. The molecule has 1 aromatic carbocycles. The summed E-state index contributed by atoms with van der Waals surface area (Å²) in [5.74, 6) is 1.04. The van der Waals surface area contributed by atoms with E-state index in [0.717, 1.165) is 50.0 Å². The summed E-state index contributed by atoms with van der Waals surface area (Å²) < 4.78 is 12.0. The Morgan fingerprint density at radius 1 is 1.21 bits per heavy atom. The van der Waals surface area contributed by atoms with Crippen molar-refractivity contribution in [3.63, 3.8) is 0 Å². The molecule has 2 fully saturated rings. The summed E-state index contributed by atoms with van der Waals surface area (Å²) >= 11 is 1.75. The van der Waals surface area contributed by atoms with Crippen LogP contribution in [0.25, 0.3) is 0 Å². The minimum Gasteiger partial charge on any atom is -0.491 e. The van der Waals surface area contributed by atoms with Gasteiger partial charge in [-0.3, -0.25) is 9.59 Å². The molecule has 1 aliphatic carbocycles. The van der Waals surface area contributed by atoms with E-state index in [9.17, 15) is 9.59 Å². The second-order valence-corrected chi connectivity index (χ2v) is 10.4. The quantitative estimate of drug-likeness (QED) is 0.588. The summed E-state index contributed by atoms with van der Waals surface area (Å²) in [6.07, 6.45) is 4.74. The van der Waals surface area contributed by atoms with Crippen molar-refractivity contribution < 1.29 is 19.1 Å². The number of hydrogen-bond acceptors (Lipinski definition) is 5. The Morgan fingerprint density at radius 3 is 2.82 bits per heavy atom. The first-order valence-electron chi connectivity index (χ1n) is 12.0.